The number of benzene rings is 1. The summed E-state index contributed by atoms with van der Waals surface area (Å²) in [6, 6.07) is 8.20. The minimum absolute atomic E-state index is 0.0832. The number of halogens is 1. The SMILES string of the molecule is CC(Nc1nc(N)nc2[nH]ncc12)c1cccc(Br)c1. The van der Waals surface area contributed by atoms with Crippen LogP contribution in [-0.2, 0) is 0 Å². The van der Waals surface area contributed by atoms with Crippen LogP contribution in [0.25, 0.3) is 11.0 Å². The lowest BCUT2D eigenvalue weighted by atomic mass is 10.1. The number of nitrogen functional groups attached to an aromatic ring is 1. The number of H-pyrrole nitrogens is 1. The van der Waals surface area contributed by atoms with Crippen LogP contribution in [-0.4, -0.2) is 20.2 Å². The molecule has 0 aliphatic rings. The van der Waals surface area contributed by atoms with E-state index in [4.69, 9.17) is 5.73 Å². The van der Waals surface area contributed by atoms with E-state index in [2.05, 4.69) is 60.5 Å². The zero-order valence-electron chi connectivity index (χ0n) is 10.8. The summed E-state index contributed by atoms with van der Waals surface area (Å²) >= 11 is 3.47. The molecule has 0 bridgehead atoms. The van der Waals surface area contributed by atoms with E-state index in [1.54, 1.807) is 6.20 Å². The molecule has 7 heteroatoms. The minimum atomic E-state index is 0.0832. The highest BCUT2D eigenvalue weighted by Gasteiger charge is 2.12. The molecule has 1 atom stereocenters. The second kappa shape index (κ2) is 5.09. The van der Waals surface area contributed by atoms with Gasteiger partial charge < -0.3 is 11.1 Å². The monoisotopic (exact) mass is 332 g/mol. The van der Waals surface area contributed by atoms with Crippen molar-refractivity contribution in [2.45, 2.75) is 13.0 Å². The van der Waals surface area contributed by atoms with Crippen LogP contribution in [0.1, 0.15) is 18.5 Å². The predicted octanol–water partition coefficient (Wildman–Crippen LogP) is 2.87. The van der Waals surface area contributed by atoms with Gasteiger partial charge in [0, 0.05) is 4.47 Å². The molecule has 0 aliphatic heterocycles. The molecule has 0 saturated heterocycles. The van der Waals surface area contributed by atoms with Crippen molar-refractivity contribution in [3.8, 4) is 0 Å². The van der Waals surface area contributed by atoms with Gasteiger partial charge in [0.2, 0.25) is 5.95 Å². The highest BCUT2D eigenvalue weighted by molar-refractivity contribution is 9.10. The van der Waals surface area contributed by atoms with Gasteiger partial charge in [-0.15, -0.1) is 0 Å². The van der Waals surface area contributed by atoms with E-state index in [1.807, 2.05) is 12.1 Å². The van der Waals surface area contributed by atoms with Gasteiger partial charge in [-0.3, -0.25) is 5.10 Å². The molecule has 6 nitrogen and oxygen atoms in total. The van der Waals surface area contributed by atoms with Crippen molar-refractivity contribution in [1.29, 1.82) is 0 Å². The Kier molecular flexibility index (Phi) is 3.27. The molecule has 102 valence electrons. The van der Waals surface area contributed by atoms with Crippen LogP contribution < -0.4 is 11.1 Å². The molecule has 0 spiro atoms. The average molecular weight is 333 g/mol. The number of hydrogen-bond donors (Lipinski definition) is 3. The van der Waals surface area contributed by atoms with Crippen molar-refractivity contribution < 1.29 is 0 Å². The maximum absolute atomic E-state index is 5.70. The number of anilines is 2. The largest absolute Gasteiger partial charge is 0.368 e. The van der Waals surface area contributed by atoms with Gasteiger partial charge in [0.25, 0.3) is 0 Å². The normalized spacial score (nSPS) is 12.5. The summed E-state index contributed by atoms with van der Waals surface area (Å²) in [4.78, 5) is 8.34. The zero-order valence-corrected chi connectivity index (χ0v) is 12.3. The van der Waals surface area contributed by atoms with Crippen LogP contribution in [0.5, 0.6) is 0 Å². The van der Waals surface area contributed by atoms with Gasteiger partial charge in [-0.05, 0) is 24.6 Å². The second-order valence-electron chi connectivity index (χ2n) is 4.48. The molecule has 1 aromatic carbocycles. The Hall–Kier alpha value is -2.15. The van der Waals surface area contributed by atoms with Crippen molar-refractivity contribution >= 4 is 38.7 Å². The number of rotatable bonds is 3. The zero-order chi connectivity index (χ0) is 14.1. The Bertz CT molecular complexity index is 753. The number of hydrogen-bond acceptors (Lipinski definition) is 5. The van der Waals surface area contributed by atoms with Crippen LogP contribution in [0.2, 0.25) is 0 Å². The average Bonchev–Trinajstić information content (AvgIpc) is 2.86. The molecule has 0 saturated carbocycles. The molecule has 0 amide bonds. The smallest absolute Gasteiger partial charge is 0.224 e. The Balaban J connectivity index is 1.94. The van der Waals surface area contributed by atoms with E-state index in [9.17, 15) is 0 Å². The third-order valence-electron chi connectivity index (χ3n) is 3.03. The molecule has 3 rings (SSSR count). The Labute approximate surface area is 123 Å². The lowest BCUT2D eigenvalue weighted by Gasteiger charge is -2.15. The fourth-order valence-electron chi connectivity index (χ4n) is 2.03. The Morgan fingerprint density at radius 1 is 1.35 bits per heavy atom. The maximum atomic E-state index is 5.70. The van der Waals surface area contributed by atoms with Crippen LogP contribution in [0.3, 0.4) is 0 Å². The van der Waals surface area contributed by atoms with E-state index in [1.165, 1.54) is 0 Å². The molecular formula is C13H13BrN6. The van der Waals surface area contributed by atoms with Crippen LogP contribution in [0, 0.1) is 0 Å². The van der Waals surface area contributed by atoms with Gasteiger partial charge >= 0.3 is 0 Å². The number of fused-ring (bicyclic) bond motifs is 1. The summed E-state index contributed by atoms with van der Waals surface area (Å²) in [5.74, 6) is 0.888. The highest BCUT2D eigenvalue weighted by Crippen LogP contribution is 2.25. The maximum Gasteiger partial charge on any atom is 0.224 e. The molecule has 4 N–H and O–H groups in total. The van der Waals surface area contributed by atoms with E-state index in [-0.39, 0.29) is 12.0 Å². The summed E-state index contributed by atoms with van der Waals surface area (Å²) in [7, 11) is 0. The number of nitrogens with zero attached hydrogens (tertiary/aromatic N) is 3. The molecule has 2 aromatic heterocycles. The van der Waals surface area contributed by atoms with Crippen LogP contribution in [0.4, 0.5) is 11.8 Å². The van der Waals surface area contributed by atoms with Crippen LogP contribution in [0.15, 0.2) is 34.9 Å². The fraction of sp³-hybridized carbons (Fsp3) is 0.154. The summed E-state index contributed by atoms with van der Waals surface area (Å²) in [6.45, 7) is 2.06. The third-order valence-corrected chi connectivity index (χ3v) is 3.52. The van der Waals surface area contributed by atoms with Gasteiger partial charge in [0.1, 0.15) is 5.82 Å². The molecule has 0 aliphatic carbocycles. The highest BCUT2D eigenvalue weighted by atomic mass is 79.9. The standard InChI is InChI=1S/C13H13BrN6/c1-7(8-3-2-4-9(14)5-8)17-11-10-6-16-20-12(10)19-13(15)18-11/h2-7H,1H3,(H4,15,16,17,18,19,20). The summed E-state index contributed by atoms with van der Waals surface area (Å²) < 4.78 is 1.04. The summed E-state index contributed by atoms with van der Waals surface area (Å²) in [5, 5.41) is 10.9. The Morgan fingerprint density at radius 2 is 2.20 bits per heavy atom. The first-order valence-electron chi connectivity index (χ1n) is 6.12. The van der Waals surface area contributed by atoms with Gasteiger partial charge in [-0.25, -0.2) is 0 Å². The first-order chi connectivity index (χ1) is 9.63. The summed E-state index contributed by atoms with van der Waals surface area (Å²) in [5.41, 5.74) is 7.48. The van der Waals surface area contributed by atoms with Crippen LogP contribution >= 0.6 is 15.9 Å². The van der Waals surface area contributed by atoms with E-state index in [0.717, 1.165) is 15.4 Å². The quantitative estimate of drug-likeness (QED) is 0.685. The molecule has 0 fully saturated rings. The molecule has 20 heavy (non-hydrogen) atoms. The number of aromatic amines is 1. The Morgan fingerprint density at radius 3 is 3.00 bits per heavy atom. The first-order valence-corrected chi connectivity index (χ1v) is 6.91. The van der Waals surface area contributed by atoms with Crippen molar-refractivity contribution in [1.82, 2.24) is 20.2 Å². The molecule has 2 heterocycles. The lowest BCUT2D eigenvalue weighted by Crippen LogP contribution is -2.09. The van der Waals surface area contributed by atoms with E-state index < -0.39 is 0 Å². The molecule has 1 unspecified atom stereocenters. The van der Waals surface area contributed by atoms with Crippen molar-refractivity contribution in [3.05, 3.63) is 40.5 Å². The fourth-order valence-corrected chi connectivity index (χ4v) is 2.44. The topological polar surface area (TPSA) is 92.5 Å². The van der Waals surface area contributed by atoms with Crippen molar-refractivity contribution in [2.75, 3.05) is 11.1 Å². The van der Waals surface area contributed by atoms with Crippen molar-refractivity contribution in [2.24, 2.45) is 0 Å². The van der Waals surface area contributed by atoms with Gasteiger partial charge in [-0.1, -0.05) is 28.1 Å². The second-order valence-corrected chi connectivity index (χ2v) is 5.40. The van der Waals surface area contributed by atoms with E-state index >= 15 is 0 Å². The lowest BCUT2D eigenvalue weighted by molar-refractivity contribution is 0.876. The molecule has 3 aromatic rings. The first kappa shape index (κ1) is 12.9. The summed E-state index contributed by atoms with van der Waals surface area (Å²) in [6.07, 6.45) is 1.69. The van der Waals surface area contributed by atoms with Gasteiger partial charge in [0.15, 0.2) is 5.65 Å². The third kappa shape index (κ3) is 2.44. The van der Waals surface area contributed by atoms with Gasteiger partial charge in [-0.2, -0.15) is 15.1 Å². The number of nitrogens with two attached hydrogens (primary N) is 1. The van der Waals surface area contributed by atoms with Crippen molar-refractivity contribution in [3.63, 3.8) is 0 Å². The number of aromatic nitrogens is 4. The molecule has 0 radical (unpaired) electrons. The molecular weight excluding hydrogens is 320 g/mol. The minimum Gasteiger partial charge on any atom is -0.368 e. The number of nitrogens with one attached hydrogen (secondary N) is 2. The van der Waals surface area contributed by atoms with Gasteiger partial charge in [0.05, 0.1) is 17.6 Å². The van der Waals surface area contributed by atoms with E-state index in [0.29, 0.717) is 11.5 Å². The predicted molar refractivity (Wildman–Crippen MR) is 82.3 cm³/mol.